The number of furan rings is 1. The van der Waals surface area contributed by atoms with Gasteiger partial charge in [-0.1, -0.05) is 31.9 Å². The van der Waals surface area contributed by atoms with Crippen LogP contribution in [0.1, 0.15) is 75.6 Å². The molecule has 0 fully saturated rings. The highest BCUT2D eigenvalue weighted by Gasteiger charge is 2.24. The lowest BCUT2D eigenvalue weighted by molar-refractivity contribution is -0.127. The van der Waals surface area contributed by atoms with E-state index in [1.807, 2.05) is 13.0 Å². The molecule has 2 rings (SSSR count). The van der Waals surface area contributed by atoms with E-state index in [1.165, 1.54) is 18.7 Å². The molecule has 1 aromatic heterocycles. The monoisotopic (exact) mass is 546 g/mol. The number of hydrogen-bond donors (Lipinski definition) is 2. The first-order valence-corrected chi connectivity index (χ1v) is 13.8. The lowest BCUT2D eigenvalue weighted by atomic mass is 10.1. The summed E-state index contributed by atoms with van der Waals surface area (Å²) in [5.41, 5.74) is 0.467. The van der Waals surface area contributed by atoms with Crippen molar-refractivity contribution >= 4 is 35.5 Å². The third-order valence-corrected chi connectivity index (χ3v) is 6.28. The van der Waals surface area contributed by atoms with Crippen molar-refractivity contribution in [3.8, 4) is 0 Å². The number of thioether (sulfide) groups is 1. The number of amides is 2. The summed E-state index contributed by atoms with van der Waals surface area (Å²) >= 11 is 1.43. The Hall–Kier alpha value is -3.27. The SMILES string of the molecule is CCCCC(NC(=O)C(C)NC(=O)OCc1ccc(C(=O)OC(C)(C)C)cc1)C(=O)CSCc1ccco1. The van der Waals surface area contributed by atoms with E-state index >= 15 is 0 Å². The Morgan fingerprint density at radius 2 is 1.76 bits per heavy atom. The van der Waals surface area contributed by atoms with E-state index in [-0.39, 0.29) is 18.1 Å². The van der Waals surface area contributed by atoms with E-state index < -0.39 is 35.7 Å². The van der Waals surface area contributed by atoms with Gasteiger partial charge in [-0.05, 0) is 63.9 Å². The number of ether oxygens (including phenoxy) is 2. The first kappa shape index (κ1) is 31.0. The predicted molar refractivity (Wildman–Crippen MR) is 146 cm³/mol. The number of unbranched alkanes of at least 4 members (excludes halogenated alkanes) is 1. The summed E-state index contributed by atoms with van der Waals surface area (Å²) < 4.78 is 15.8. The molecule has 0 radical (unpaired) electrons. The fourth-order valence-corrected chi connectivity index (χ4v) is 4.14. The third-order valence-electron chi connectivity index (χ3n) is 5.31. The second-order valence-corrected chi connectivity index (χ2v) is 10.9. The first-order chi connectivity index (χ1) is 18.0. The summed E-state index contributed by atoms with van der Waals surface area (Å²) in [5.74, 6) is 0.621. The number of carbonyl (C=O) groups excluding carboxylic acids is 4. The summed E-state index contributed by atoms with van der Waals surface area (Å²) in [7, 11) is 0. The maximum atomic E-state index is 12.7. The smallest absolute Gasteiger partial charge is 0.408 e. The topological polar surface area (TPSA) is 124 Å². The van der Waals surface area contributed by atoms with Crippen molar-refractivity contribution in [3.05, 3.63) is 59.5 Å². The van der Waals surface area contributed by atoms with E-state index in [9.17, 15) is 19.2 Å². The van der Waals surface area contributed by atoms with Crippen molar-refractivity contribution in [3.63, 3.8) is 0 Å². The van der Waals surface area contributed by atoms with E-state index in [1.54, 1.807) is 57.4 Å². The van der Waals surface area contributed by atoms with Crippen molar-refractivity contribution in [2.24, 2.45) is 0 Å². The normalized spacial score (nSPS) is 12.8. The minimum absolute atomic E-state index is 0.0424. The van der Waals surface area contributed by atoms with Crippen molar-refractivity contribution in [2.75, 3.05) is 5.75 Å². The zero-order valence-corrected chi connectivity index (χ0v) is 23.5. The molecule has 0 aliphatic heterocycles. The van der Waals surface area contributed by atoms with E-state index in [2.05, 4.69) is 10.6 Å². The lowest BCUT2D eigenvalue weighted by Crippen LogP contribution is -2.50. The summed E-state index contributed by atoms with van der Waals surface area (Å²) in [4.78, 5) is 49.8. The quantitative estimate of drug-likeness (QED) is 0.316. The van der Waals surface area contributed by atoms with Crippen LogP contribution >= 0.6 is 11.8 Å². The molecule has 2 atom stereocenters. The van der Waals surface area contributed by atoms with Crippen LogP contribution in [0.3, 0.4) is 0 Å². The Bertz CT molecular complexity index is 1050. The zero-order valence-electron chi connectivity index (χ0n) is 22.7. The van der Waals surface area contributed by atoms with Gasteiger partial charge in [-0.2, -0.15) is 0 Å². The molecule has 1 aromatic carbocycles. The van der Waals surface area contributed by atoms with Crippen molar-refractivity contribution in [2.45, 2.75) is 83.9 Å². The van der Waals surface area contributed by atoms with E-state index in [0.29, 0.717) is 23.3 Å². The third kappa shape index (κ3) is 11.4. The molecule has 2 amide bonds. The number of hydrogen-bond acceptors (Lipinski definition) is 8. The van der Waals surface area contributed by atoms with Crippen molar-refractivity contribution in [1.29, 1.82) is 0 Å². The van der Waals surface area contributed by atoms with Gasteiger partial charge in [-0.25, -0.2) is 9.59 Å². The maximum absolute atomic E-state index is 12.7. The molecule has 2 aromatic rings. The highest BCUT2D eigenvalue weighted by Crippen LogP contribution is 2.15. The maximum Gasteiger partial charge on any atom is 0.408 e. The van der Waals surface area contributed by atoms with Gasteiger partial charge in [0.05, 0.1) is 29.4 Å². The number of ketones is 1. The highest BCUT2D eigenvalue weighted by molar-refractivity contribution is 7.99. The minimum atomic E-state index is -0.898. The standard InChI is InChI=1S/C28H38N2O7S/c1-6-7-10-23(24(31)18-38-17-22-9-8-15-35-22)30-25(32)19(2)29-27(34)36-16-20-11-13-21(14-12-20)26(33)37-28(3,4)5/h8-9,11-15,19,23H,6-7,10,16-18H2,1-5H3,(H,29,34)(H,30,32). The van der Waals surface area contributed by atoms with E-state index in [4.69, 9.17) is 13.9 Å². The number of Topliss-reactive ketones (excluding diaryl/α,β-unsaturated/α-hetero) is 1. The predicted octanol–water partition coefficient (Wildman–Crippen LogP) is 5.03. The highest BCUT2D eigenvalue weighted by atomic mass is 32.2. The Morgan fingerprint density at radius 1 is 1.05 bits per heavy atom. The Labute approximate surface area is 228 Å². The van der Waals surface area contributed by atoms with Gasteiger partial charge in [0.25, 0.3) is 0 Å². The van der Waals surface area contributed by atoms with E-state index in [0.717, 1.165) is 18.6 Å². The van der Waals surface area contributed by atoms with Crippen LogP contribution in [0.15, 0.2) is 47.1 Å². The molecule has 0 aliphatic carbocycles. The number of rotatable bonds is 14. The average molecular weight is 547 g/mol. The zero-order chi connectivity index (χ0) is 28.1. The summed E-state index contributed by atoms with van der Waals surface area (Å²) in [6.45, 7) is 8.87. The second kappa shape index (κ2) is 15.2. The van der Waals surface area contributed by atoms with Crippen LogP contribution in [0, 0.1) is 0 Å². The average Bonchev–Trinajstić information content (AvgIpc) is 3.37. The van der Waals surface area contributed by atoms with Crippen LogP contribution in [-0.4, -0.2) is 47.2 Å². The molecule has 2 N–H and O–H groups in total. The molecule has 10 heteroatoms. The van der Waals surface area contributed by atoms with Gasteiger partial charge in [0.15, 0.2) is 5.78 Å². The number of benzene rings is 1. The molecule has 0 bridgehead atoms. The van der Waals surface area contributed by atoms with Gasteiger partial charge >= 0.3 is 12.1 Å². The Kier molecular flexibility index (Phi) is 12.4. The number of esters is 1. The Morgan fingerprint density at radius 3 is 2.37 bits per heavy atom. The van der Waals surface area contributed by atoms with Gasteiger partial charge in [-0.15, -0.1) is 11.8 Å². The molecule has 38 heavy (non-hydrogen) atoms. The van der Waals surface area contributed by atoms with Crippen LogP contribution in [-0.2, 0) is 31.4 Å². The molecule has 1 heterocycles. The summed E-state index contributed by atoms with van der Waals surface area (Å²) in [5, 5.41) is 5.26. The minimum Gasteiger partial charge on any atom is -0.468 e. The molecule has 9 nitrogen and oxygen atoms in total. The van der Waals surface area contributed by atoms with Crippen LogP contribution in [0.25, 0.3) is 0 Å². The largest absolute Gasteiger partial charge is 0.468 e. The lowest BCUT2D eigenvalue weighted by Gasteiger charge is -2.20. The van der Waals surface area contributed by atoms with Crippen LogP contribution in [0.5, 0.6) is 0 Å². The fourth-order valence-electron chi connectivity index (χ4n) is 3.27. The molecule has 0 saturated carbocycles. The molecule has 0 saturated heterocycles. The number of nitrogens with one attached hydrogen (secondary N) is 2. The van der Waals surface area contributed by atoms with Gasteiger partial charge in [0.1, 0.15) is 24.0 Å². The first-order valence-electron chi connectivity index (χ1n) is 12.7. The number of alkyl carbamates (subject to hydrolysis) is 1. The van der Waals surface area contributed by atoms with Gasteiger partial charge < -0.3 is 24.5 Å². The molecular weight excluding hydrogens is 508 g/mol. The Balaban J connectivity index is 1.80. The molecule has 2 unspecified atom stereocenters. The van der Waals surface area contributed by atoms with Crippen molar-refractivity contribution in [1.82, 2.24) is 10.6 Å². The second-order valence-electron chi connectivity index (χ2n) is 9.88. The summed E-state index contributed by atoms with van der Waals surface area (Å²) in [6.07, 6.45) is 3.02. The molecule has 0 aliphatic rings. The molecular formula is C28H38N2O7S. The van der Waals surface area contributed by atoms with Gasteiger partial charge in [0.2, 0.25) is 5.91 Å². The number of carbonyl (C=O) groups is 4. The van der Waals surface area contributed by atoms with Crippen LogP contribution in [0.2, 0.25) is 0 Å². The van der Waals surface area contributed by atoms with Crippen LogP contribution < -0.4 is 10.6 Å². The summed E-state index contributed by atoms with van der Waals surface area (Å²) in [6, 6.07) is 8.64. The van der Waals surface area contributed by atoms with Gasteiger partial charge in [0, 0.05) is 0 Å². The fraction of sp³-hybridized carbons (Fsp3) is 0.500. The van der Waals surface area contributed by atoms with Crippen molar-refractivity contribution < 1.29 is 33.1 Å². The van der Waals surface area contributed by atoms with Gasteiger partial charge in [-0.3, -0.25) is 9.59 Å². The van der Waals surface area contributed by atoms with Crippen LogP contribution in [0.4, 0.5) is 4.79 Å². The molecule has 208 valence electrons. The molecule has 0 spiro atoms.